The van der Waals surface area contributed by atoms with Crippen LogP contribution in [0.15, 0.2) is 42.7 Å². The Morgan fingerprint density at radius 2 is 1.70 bits per heavy atom. The molecule has 2 aromatic rings. The molecule has 0 saturated carbocycles. The number of carbonyl (C=O) groups is 1. The van der Waals surface area contributed by atoms with Crippen LogP contribution in [0.25, 0.3) is 0 Å². The number of piperazine rings is 1. The molecule has 7 nitrogen and oxygen atoms in total. The molecule has 1 amide bonds. The average molecular weight is 367 g/mol. The summed E-state index contributed by atoms with van der Waals surface area (Å²) in [6.45, 7) is 7.15. The van der Waals surface area contributed by atoms with Gasteiger partial charge in [-0.25, -0.2) is 9.97 Å². The van der Waals surface area contributed by atoms with E-state index in [2.05, 4.69) is 44.0 Å². The number of hydrogen-bond acceptors (Lipinski definition) is 6. The molecule has 0 atom stereocenters. The number of aromatic nitrogens is 2. The van der Waals surface area contributed by atoms with Crippen LogP contribution in [0.4, 0.5) is 5.82 Å². The first-order chi connectivity index (χ1) is 13.3. The van der Waals surface area contributed by atoms with Crippen LogP contribution in [0, 0.1) is 0 Å². The highest BCUT2D eigenvalue weighted by Gasteiger charge is 2.22. The third-order valence-corrected chi connectivity index (χ3v) is 5.12. The van der Waals surface area contributed by atoms with Crippen molar-refractivity contribution < 1.29 is 9.53 Å². The predicted octanol–water partition coefficient (Wildman–Crippen LogP) is 1.27. The molecule has 27 heavy (non-hydrogen) atoms. The van der Waals surface area contributed by atoms with Gasteiger partial charge in [-0.2, -0.15) is 0 Å². The molecule has 2 aliphatic rings. The standard InChI is InChI=1S/C20H25N5O2/c26-20(25-10-12-27-13-11-25)18-14-19(22-16-21-18)24-8-6-23(7-9-24)15-17-4-2-1-3-5-17/h1-5,14,16H,6-13,15H2. The minimum Gasteiger partial charge on any atom is -0.378 e. The molecule has 3 heterocycles. The number of amides is 1. The monoisotopic (exact) mass is 367 g/mol. The molecule has 1 aromatic heterocycles. The molecule has 0 aliphatic carbocycles. The number of benzene rings is 1. The number of ether oxygens (including phenoxy) is 1. The van der Waals surface area contributed by atoms with Gasteiger partial charge in [0.1, 0.15) is 17.8 Å². The summed E-state index contributed by atoms with van der Waals surface area (Å²) >= 11 is 0. The lowest BCUT2D eigenvalue weighted by atomic mass is 10.2. The van der Waals surface area contributed by atoms with Gasteiger partial charge in [-0.3, -0.25) is 9.69 Å². The fourth-order valence-corrected chi connectivity index (χ4v) is 3.54. The van der Waals surface area contributed by atoms with Crippen LogP contribution in [-0.4, -0.2) is 78.2 Å². The fraction of sp³-hybridized carbons (Fsp3) is 0.450. The van der Waals surface area contributed by atoms with Gasteiger partial charge in [0.2, 0.25) is 0 Å². The number of nitrogens with zero attached hydrogens (tertiary/aromatic N) is 5. The normalized spacial score (nSPS) is 18.5. The van der Waals surface area contributed by atoms with E-state index in [1.807, 2.05) is 12.1 Å². The Morgan fingerprint density at radius 3 is 2.44 bits per heavy atom. The van der Waals surface area contributed by atoms with Crippen molar-refractivity contribution in [1.29, 1.82) is 0 Å². The molecule has 0 N–H and O–H groups in total. The molecule has 0 bridgehead atoms. The maximum atomic E-state index is 12.6. The summed E-state index contributed by atoms with van der Waals surface area (Å²) in [6, 6.07) is 12.4. The van der Waals surface area contributed by atoms with E-state index in [9.17, 15) is 4.79 Å². The Balaban J connectivity index is 1.36. The van der Waals surface area contributed by atoms with Gasteiger partial charge in [-0.1, -0.05) is 30.3 Å². The Kier molecular flexibility index (Phi) is 5.60. The Morgan fingerprint density at radius 1 is 0.963 bits per heavy atom. The Bertz CT molecular complexity index is 756. The summed E-state index contributed by atoms with van der Waals surface area (Å²) < 4.78 is 5.32. The molecule has 0 radical (unpaired) electrons. The first-order valence-corrected chi connectivity index (χ1v) is 9.50. The van der Waals surface area contributed by atoms with Gasteiger partial charge in [0.25, 0.3) is 5.91 Å². The summed E-state index contributed by atoms with van der Waals surface area (Å²) in [6.07, 6.45) is 1.50. The second kappa shape index (κ2) is 8.45. The van der Waals surface area contributed by atoms with Crippen LogP contribution in [0.5, 0.6) is 0 Å². The van der Waals surface area contributed by atoms with Crippen LogP contribution >= 0.6 is 0 Å². The number of hydrogen-bond donors (Lipinski definition) is 0. The van der Waals surface area contributed by atoms with Gasteiger partial charge in [0.15, 0.2) is 0 Å². The number of anilines is 1. The van der Waals surface area contributed by atoms with E-state index in [0.29, 0.717) is 32.0 Å². The van der Waals surface area contributed by atoms with E-state index >= 15 is 0 Å². The molecule has 7 heteroatoms. The first kappa shape index (κ1) is 17.9. The van der Waals surface area contributed by atoms with Gasteiger partial charge in [-0.15, -0.1) is 0 Å². The highest BCUT2D eigenvalue weighted by atomic mass is 16.5. The molecular weight excluding hydrogens is 342 g/mol. The highest BCUT2D eigenvalue weighted by Crippen LogP contribution is 2.16. The third-order valence-electron chi connectivity index (χ3n) is 5.12. The third kappa shape index (κ3) is 4.43. The van der Waals surface area contributed by atoms with Crippen LogP contribution < -0.4 is 4.90 Å². The molecule has 2 fully saturated rings. The van der Waals surface area contributed by atoms with Gasteiger partial charge < -0.3 is 14.5 Å². The Hall–Kier alpha value is -2.51. The van der Waals surface area contributed by atoms with Crippen molar-refractivity contribution >= 4 is 11.7 Å². The second-order valence-corrected chi connectivity index (χ2v) is 6.91. The molecule has 2 aliphatic heterocycles. The Labute approximate surface area is 159 Å². The predicted molar refractivity (Wildman–Crippen MR) is 103 cm³/mol. The molecule has 142 valence electrons. The van der Waals surface area contributed by atoms with Crippen molar-refractivity contribution in [2.75, 3.05) is 57.4 Å². The number of morpholine rings is 1. The fourth-order valence-electron chi connectivity index (χ4n) is 3.54. The van der Waals surface area contributed by atoms with Crippen LogP contribution in [-0.2, 0) is 11.3 Å². The lowest BCUT2D eigenvalue weighted by Crippen LogP contribution is -2.46. The van der Waals surface area contributed by atoms with Crippen molar-refractivity contribution in [2.24, 2.45) is 0 Å². The summed E-state index contributed by atoms with van der Waals surface area (Å²) in [7, 11) is 0. The minimum atomic E-state index is -0.0373. The maximum Gasteiger partial charge on any atom is 0.272 e. The number of carbonyl (C=O) groups excluding carboxylic acids is 1. The lowest BCUT2D eigenvalue weighted by Gasteiger charge is -2.35. The average Bonchev–Trinajstić information content (AvgIpc) is 2.75. The second-order valence-electron chi connectivity index (χ2n) is 6.91. The molecule has 1 aromatic carbocycles. The van der Waals surface area contributed by atoms with Gasteiger partial charge >= 0.3 is 0 Å². The minimum absolute atomic E-state index is 0.0373. The topological polar surface area (TPSA) is 61.8 Å². The van der Waals surface area contributed by atoms with E-state index in [1.54, 1.807) is 4.90 Å². The van der Waals surface area contributed by atoms with Gasteiger partial charge in [-0.05, 0) is 5.56 Å². The van der Waals surface area contributed by atoms with Crippen LogP contribution in [0.3, 0.4) is 0 Å². The molecule has 2 saturated heterocycles. The van der Waals surface area contributed by atoms with E-state index in [4.69, 9.17) is 4.74 Å². The molecule has 4 rings (SSSR count). The largest absolute Gasteiger partial charge is 0.378 e. The van der Waals surface area contributed by atoms with Crippen LogP contribution in [0.2, 0.25) is 0 Å². The summed E-state index contributed by atoms with van der Waals surface area (Å²) in [4.78, 5) is 27.7. The zero-order chi connectivity index (χ0) is 18.5. The zero-order valence-corrected chi connectivity index (χ0v) is 15.5. The quantitative estimate of drug-likeness (QED) is 0.811. The highest BCUT2D eigenvalue weighted by molar-refractivity contribution is 5.93. The van der Waals surface area contributed by atoms with Crippen molar-refractivity contribution in [3.63, 3.8) is 0 Å². The van der Waals surface area contributed by atoms with Crippen molar-refractivity contribution in [3.8, 4) is 0 Å². The zero-order valence-electron chi connectivity index (χ0n) is 15.5. The first-order valence-electron chi connectivity index (χ1n) is 9.50. The summed E-state index contributed by atoms with van der Waals surface area (Å²) in [5.41, 5.74) is 1.81. The van der Waals surface area contributed by atoms with Gasteiger partial charge in [0, 0.05) is 51.9 Å². The van der Waals surface area contributed by atoms with Crippen molar-refractivity contribution in [2.45, 2.75) is 6.54 Å². The van der Waals surface area contributed by atoms with Crippen molar-refractivity contribution in [1.82, 2.24) is 19.8 Å². The SMILES string of the molecule is O=C(c1cc(N2CCN(Cc3ccccc3)CC2)ncn1)N1CCOCC1. The van der Waals surface area contributed by atoms with Gasteiger partial charge in [0.05, 0.1) is 13.2 Å². The van der Waals surface area contributed by atoms with Crippen LogP contribution in [0.1, 0.15) is 16.1 Å². The van der Waals surface area contributed by atoms with Crippen molar-refractivity contribution in [3.05, 3.63) is 54.0 Å². The molecule has 0 spiro atoms. The smallest absolute Gasteiger partial charge is 0.272 e. The summed E-state index contributed by atoms with van der Waals surface area (Å²) in [5.74, 6) is 0.797. The van der Waals surface area contributed by atoms with E-state index < -0.39 is 0 Å². The van der Waals surface area contributed by atoms with E-state index in [1.165, 1.54) is 11.9 Å². The maximum absolute atomic E-state index is 12.6. The van der Waals surface area contributed by atoms with E-state index in [-0.39, 0.29) is 5.91 Å². The lowest BCUT2D eigenvalue weighted by molar-refractivity contribution is 0.0299. The van der Waals surface area contributed by atoms with E-state index in [0.717, 1.165) is 38.5 Å². The number of rotatable bonds is 4. The molecule has 0 unspecified atom stereocenters. The molecular formula is C20H25N5O2. The summed E-state index contributed by atoms with van der Waals surface area (Å²) in [5, 5.41) is 0.